The van der Waals surface area contributed by atoms with Crippen molar-refractivity contribution >= 4 is 6.41 Å². The Bertz CT molecular complexity index is 871. The lowest BCUT2D eigenvalue weighted by Crippen LogP contribution is -2.49. The van der Waals surface area contributed by atoms with Crippen LogP contribution in [-0.2, 0) is 4.79 Å². The number of hydrogen-bond donors (Lipinski definition) is 2. The van der Waals surface area contributed by atoms with Gasteiger partial charge < -0.3 is 15.4 Å². The zero-order chi connectivity index (χ0) is 21.1. The summed E-state index contributed by atoms with van der Waals surface area (Å²) in [7, 11) is 0. The summed E-state index contributed by atoms with van der Waals surface area (Å²) in [4.78, 5) is 15.4. The molecule has 1 fully saturated rings. The Morgan fingerprint density at radius 1 is 1.38 bits per heavy atom. The Balaban J connectivity index is 1.81. The number of carbonyl (C=O) groups excluding carboxylic acids is 1. The minimum absolute atomic E-state index is 0.0881. The zero-order valence-corrected chi connectivity index (χ0v) is 17.6. The number of nitrogens with zero attached hydrogens (tertiary/aromatic N) is 1. The standard InChI is InChI=1S/C23H30FN3O2/c1-5-29-17-6-7-19(24)18(13-17)16-9-11-25-21(12-16)20-8-10-23(4,27-20)14-22(2,3)26-15-28/h6-7,9,11-13,15,20,27H,5,8,10,14H2,1-4H3,(H,26,28)/t20-,23-/m1/s1. The van der Waals surface area contributed by atoms with Crippen molar-refractivity contribution in [2.45, 2.75) is 64.1 Å². The third-order valence-electron chi connectivity index (χ3n) is 5.49. The normalized spacial score (nSPS) is 21.8. The minimum Gasteiger partial charge on any atom is -0.494 e. The van der Waals surface area contributed by atoms with Crippen LogP contribution in [0.5, 0.6) is 5.75 Å². The van der Waals surface area contributed by atoms with Gasteiger partial charge >= 0.3 is 0 Å². The molecule has 0 saturated carbocycles. The summed E-state index contributed by atoms with van der Waals surface area (Å²) in [6.07, 6.45) is 5.20. The maximum Gasteiger partial charge on any atom is 0.207 e. The fourth-order valence-corrected chi connectivity index (χ4v) is 4.36. The minimum atomic E-state index is -0.295. The molecule has 0 spiro atoms. The summed E-state index contributed by atoms with van der Waals surface area (Å²) in [6.45, 7) is 8.66. The number of hydrogen-bond acceptors (Lipinski definition) is 4. The van der Waals surface area contributed by atoms with Crippen molar-refractivity contribution in [1.82, 2.24) is 15.6 Å². The van der Waals surface area contributed by atoms with Crippen LogP contribution in [0.1, 0.15) is 58.7 Å². The van der Waals surface area contributed by atoms with Crippen LogP contribution in [0.15, 0.2) is 36.5 Å². The Labute approximate surface area is 172 Å². The molecular formula is C23H30FN3O2. The second-order valence-electron chi connectivity index (χ2n) is 8.66. The van der Waals surface area contributed by atoms with Crippen LogP contribution in [0.2, 0.25) is 0 Å². The van der Waals surface area contributed by atoms with Gasteiger partial charge in [0, 0.05) is 28.9 Å². The summed E-state index contributed by atoms with van der Waals surface area (Å²) in [5.74, 6) is 0.371. The molecule has 1 aliphatic heterocycles. The highest BCUT2D eigenvalue weighted by Crippen LogP contribution is 2.37. The summed E-state index contributed by atoms with van der Waals surface area (Å²) in [5.41, 5.74) is 1.79. The van der Waals surface area contributed by atoms with Crippen LogP contribution in [-0.4, -0.2) is 29.1 Å². The highest BCUT2D eigenvalue weighted by molar-refractivity contribution is 5.66. The molecule has 6 heteroatoms. The van der Waals surface area contributed by atoms with Crippen molar-refractivity contribution in [3.63, 3.8) is 0 Å². The molecule has 1 aromatic carbocycles. The predicted octanol–water partition coefficient (Wildman–Crippen LogP) is 4.38. The van der Waals surface area contributed by atoms with E-state index < -0.39 is 0 Å². The molecule has 1 aromatic heterocycles. The van der Waals surface area contributed by atoms with E-state index in [0.717, 1.165) is 36.9 Å². The average molecular weight is 400 g/mol. The van der Waals surface area contributed by atoms with Gasteiger partial charge in [0.2, 0.25) is 6.41 Å². The number of carbonyl (C=O) groups is 1. The molecule has 2 aromatic rings. The monoisotopic (exact) mass is 399 g/mol. The largest absolute Gasteiger partial charge is 0.494 e. The van der Waals surface area contributed by atoms with Crippen molar-refractivity contribution in [1.29, 1.82) is 0 Å². The van der Waals surface area contributed by atoms with Crippen molar-refractivity contribution < 1.29 is 13.9 Å². The Hall–Kier alpha value is -2.47. The number of rotatable bonds is 8. The van der Waals surface area contributed by atoms with Gasteiger partial charge in [-0.05, 0) is 82.9 Å². The molecule has 156 valence electrons. The van der Waals surface area contributed by atoms with Crippen LogP contribution in [0.3, 0.4) is 0 Å². The van der Waals surface area contributed by atoms with Gasteiger partial charge in [0.25, 0.3) is 0 Å². The summed E-state index contributed by atoms with van der Waals surface area (Å²) < 4.78 is 20.0. The van der Waals surface area contributed by atoms with E-state index in [0.29, 0.717) is 17.9 Å². The topological polar surface area (TPSA) is 63.2 Å². The van der Waals surface area contributed by atoms with Gasteiger partial charge in [-0.1, -0.05) is 0 Å². The maximum absolute atomic E-state index is 14.5. The Morgan fingerprint density at radius 3 is 2.90 bits per heavy atom. The van der Waals surface area contributed by atoms with Gasteiger partial charge in [-0.3, -0.25) is 9.78 Å². The van der Waals surface area contributed by atoms with Crippen LogP contribution >= 0.6 is 0 Å². The molecule has 3 rings (SSSR count). The van der Waals surface area contributed by atoms with Gasteiger partial charge in [0.05, 0.1) is 12.3 Å². The number of nitrogens with one attached hydrogen (secondary N) is 2. The number of amides is 1. The lowest BCUT2D eigenvalue weighted by molar-refractivity contribution is -0.111. The molecule has 2 heterocycles. The van der Waals surface area contributed by atoms with E-state index in [4.69, 9.17) is 4.74 Å². The second kappa shape index (κ2) is 8.49. The molecule has 1 amide bonds. The molecular weight excluding hydrogens is 369 g/mol. The van der Waals surface area contributed by atoms with Crippen LogP contribution in [0.25, 0.3) is 11.1 Å². The fourth-order valence-electron chi connectivity index (χ4n) is 4.36. The van der Waals surface area contributed by atoms with Gasteiger partial charge in [0.15, 0.2) is 0 Å². The van der Waals surface area contributed by atoms with Gasteiger partial charge in [-0.2, -0.15) is 0 Å². The number of benzene rings is 1. The summed E-state index contributed by atoms with van der Waals surface area (Å²) in [5, 5.41) is 6.58. The quantitative estimate of drug-likeness (QED) is 0.647. The first-order valence-corrected chi connectivity index (χ1v) is 10.1. The lowest BCUT2D eigenvalue weighted by atomic mass is 9.85. The molecule has 0 unspecified atom stereocenters. The highest BCUT2D eigenvalue weighted by atomic mass is 19.1. The lowest BCUT2D eigenvalue weighted by Gasteiger charge is -2.35. The SMILES string of the molecule is CCOc1ccc(F)c(-c2ccnc([C@H]3CC[C@](C)(CC(C)(C)NC=O)N3)c2)c1. The van der Waals surface area contributed by atoms with Crippen LogP contribution in [0.4, 0.5) is 4.39 Å². The molecule has 2 atom stereocenters. The van der Waals surface area contributed by atoms with E-state index in [1.54, 1.807) is 18.3 Å². The van der Waals surface area contributed by atoms with Crippen molar-refractivity contribution in [3.8, 4) is 16.9 Å². The molecule has 1 saturated heterocycles. The van der Waals surface area contributed by atoms with Crippen molar-refractivity contribution in [3.05, 3.63) is 48.0 Å². The summed E-state index contributed by atoms with van der Waals surface area (Å²) in [6, 6.07) is 8.68. The fraction of sp³-hybridized carbons (Fsp3) is 0.478. The molecule has 2 N–H and O–H groups in total. The Morgan fingerprint density at radius 2 is 2.17 bits per heavy atom. The van der Waals surface area contributed by atoms with Gasteiger partial charge in [-0.25, -0.2) is 4.39 Å². The Kier molecular flexibility index (Phi) is 6.22. The highest BCUT2D eigenvalue weighted by Gasteiger charge is 2.39. The van der Waals surface area contributed by atoms with E-state index in [1.807, 2.05) is 32.9 Å². The number of pyridine rings is 1. The van der Waals surface area contributed by atoms with E-state index in [9.17, 15) is 9.18 Å². The first-order chi connectivity index (χ1) is 13.8. The number of halogens is 1. The van der Waals surface area contributed by atoms with Crippen molar-refractivity contribution in [2.24, 2.45) is 0 Å². The number of ether oxygens (including phenoxy) is 1. The predicted molar refractivity (Wildman–Crippen MR) is 112 cm³/mol. The molecule has 0 aliphatic carbocycles. The molecule has 29 heavy (non-hydrogen) atoms. The van der Waals surface area contributed by atoms with Crippen molar-refractivity contribution in [2.75, 3.05) is 6.61 Å². The molecule has 1 aliphatic rings. The third-order valence-corrected chi connectivity index (χ3v) is 5.49. The van der Waals surface area contributed by atoms with Gasteiger partial charge in [0.1, 0.15) is 11.6 Å². The first kappa shape index (κ1) is 21.2. The van der Waals surface area contributed by atoms with Crippen LogP contribution < -0.4 is 15.4 Å². The maximum atomic E-state index is 14.5. The smallest absolute Gasteiger partial charge is 0.207 e. The molecule has 5 nitrogen and oxygen atoms in total. The average Bonchev–Trinajstić information content (AvgIpc) is 3.04. The second-order valence-corrected chi connectivity index (χ2v) is 8.66. The van der Waals surface area contributed by atoms with Crippen LogP contribution in [0, 0.1) is 5.82 Å². The number of aromatic nitrogens is 1. The van der Waals surface area contributed by atoms with Gasteiger partial charge in [-0.15, -0.1) is 0 Å². The summed E-state index contributed by atoms with van der Waals surface area (Å²) >= 11 is 0. The third kappa shape index (κ3) is 5.12. The zero-order valence-electron chi connectivity index (χ0n) is 17.6. The van der Waals surface area contributed by atoms with E-state index >= 15 is 0 Å². The molecule has 0 radical (unpaired) electrons. The molecule has 0 bridgehead atoms. The first-order valence-electron chi connectivity index (χ1n) is 10.1. The van der Waals surface area contributed by atoms with E-state index in [1.165, 1.54) is 6.07 Å². The van der Waals surface area contributed by atoms with E-state index in [2.05, 4.69) is 22.5 Å². The van der Waals surface area contributed by atoms with E-state index in [-0.39, 0.29) is 22.9 Å².